The maximum atomic E-state index is 12.7. The minimum atomic E-state index is -0.165. The third-order valence-electron chi connectivity index (χ3n) is 4.23. The molecule has 4 nitrogen and oxygen atoms in total. The molecule has 0 unspecified atom stereocenters. The molecule has 1 aromatic heterocycles. The van der Waals surface area contributed by atoms with Gasteiger partial charge in [-0.3, -0.25) is 4.79 Å². The van der Waals surface area contributed by atoms with Crippen molar-refractivity contribution in [1.29, 1.82) is 0 Å². The largest absolute Gasteiger partial charge is 0.399 e. The van der Waals surface area contributed by atoms with E-state index in [1.165, 1.54) is 0 Å². The number of benzene rings is 3. The molecule has 0 aliphatic rings. The molecular weight excluding hydrogens is 342 g/mol. The Morgan fingerprint density at radius 3 is 2.62 bits per heavy atom. The van der Waals surface area contributed by atoms with Crippen molar-refractivity contribution in [2.24, 2.45) is 0 Å². The van der Waals surface area contributed by atoms with Crippen LogP contribution in [-0.2, 0) is 0 Å². The second-order valence-electron chi connectivity index (χ2n) is 6.06. The number of nitrogens with one attached hydrogen (secondary N) is 1. The second-order valence-corrected chi connectivity index (χ2v) is 7.09. The average Bonchev–Trinajstić information content (AvgIpc) is 3.08. The number of aryl methyl sites for hydroxylation is 1. The van der Waals surface area contributed by atoms with E-state index >= 15 is 0 Å². The fraction of sp³-hybridized carbons (Fsp3) is 0.0476. The van der Waals surface area contributed by atoms with Gasteiger partial charge in [0.15, 0.2) is 0 Å². The predicted molar refractivity (Wildman–Crippen MR) is 109 cm³/mol. The van der Waals surface area contributed by atoms with Gasteiger partial charge in [-0.25, -0.2) is 4.98 Å². The van der Waals surface area contributed by atoms with E-state index in [1.54, 1.807) is 29.5 Å². The zero-order valence-corrected chi connectivity index (χ0v) is 15.0. The number of thiazole rings is 1. The van der Waals surface area contributed by atoms with Crippen molar-refractivity contribution in [2.45, 2.75) is 6.92 Å². The quantitative estimate of drug-likeness (QED) is 0.500. The highest BCUT2D eigenvalue weighted by atomic mass is 32.1. The number of hydrogen-bond acceptors (Lipinski definition) is 4. The number of hydrogen-bond donors (Lipinski definition) is 2. The Morgan fingerprint density at radius 1 is 1.04 bits per heavy atom. The summed E-state index contributed by atoms with van der Waals surface area (Å²) < 4.78 is 1.12. The molecule has 4 rings (SSSR count). The maximum absolute atomic E-state index is 12.7. The summed E-state index contributed by atoms with van der Waals surface area (Å²) in [6, 6.07) is 21.0. The van der Waals surface area contributed by atoms with E-state index in [9.17, 15) is 4.79 Å². The molecule has 0 aliphatic carbocycles. The number of nitrogen functional groups attached to an aromatic ring is 1. The molecule has 3 aromatic carbocycles. The van der Waals surface area contributed by atoms with Gasteiger partial charge in [-0.05, 0) is 55.0 Å². The Bertz CT molecular complexity index is 1080. The van der Waals surface area contributed by atoms with E-state index in [0.717, 1.165) is 32.0 Å². The van der Waals surface area contributed by atoms with Crippen molar-refractivity contribution >= 4 is 38.8 Å². The summed E-state index contributed by atoms with van der Waals surface area (Å²) in [5.74, 6) is -0.165. The molecule has 0 saturated heterocycles. The normalized spacial score (nSPS) is 10.8. The number of carbonyl (C=O) groups is 1. The second kappa shape index (κ2) is 6.61. The molecule has 3 N–H and O–H groups in total. The lowest BCUT2D eigenvalue weighted by molar-refractivity contribution is 0.102. The zero-order valence-electron chi connectivity index (χ0n) is 14.2. The molecule has 1 heterocycles. The first-order valence-corrected chi connectivity index (χ1v) is 9.06. The molecule has 128 valence electrons. The Balaban J connectivity index is 1.69. The van der Waals surface area contributed by atoms with Crippen molar-refractivity contribution in [3.05, 3.63) is 77.9 Å². The summed E-state index contributed by atoms with van der Waals surface area (Å²) in [5, 5.41) is 3.89. The number of carbonyl (C=O) groups excluding carboxylic acids is 1. The van der Waals surface area contributed by atoms with Gasteiger partial charge in [0.1, 0.15) is 5.01 Å². The van der Waals surface area contributed by atoms with Crippen LogP contribution in [0, 0.1) is 6.92 Å². The van der Waals surface area contributed by atoms with Crippen LogP contribution in [0.3, 0.4) is 0 Å². The first-order chi connectivity index (χ1) is 12.6. The van der Waals surface area contributed by atoms with Gasteiger partial charge >= 0.3 is 0 Å². The van der Waals surface area contributed by atoms with Crippen molar-refractivity contribution in [2.75, 3.05) is 11.1 Å². The monoisotopic (exact) mass is 359 g/mol. The topological polar surface area (TPSA) is 68.0 Å². The van der Waals surface area contributed by atoms with Crippen molar-refractivity contribution in [1.82, 2.24) is 4.98 Å². The number of fused-ring (bicyclic) bond motifs is 1. The average molecular weight is 359 g/mol. The van der Waals surface area contributed by atoms with Crippen LogP contribution in [-0.4, -0.2) is 10.9 Å². The molecular formula is C21H17N3OS. The van der Waals surface area contributed by atoms with E-state index in [2.05, 4.69) is 11.4 Å². The van der Waals surface area contributed by atoms with Gasteiger partial charge in [0.25, 0.3) is 5.91 Å². The van der Waals surface area contributed by atoms with Crippen LogP contribution >= 0.6 is 11.3 Å². The molecule has 0 aliphatic heterocycles. The Labute approximate surface area is 155 Å². The van der Waals surface area contributed by atoms with Crippen molar-refractivity contribution < 1.29 is 4.79 Å². The Hall–Kier alpha value is -3.18. The van der Waals surface area contributed by atoms with Gasteiger partial charge in [0.05, 0.1) is 15.9 Å². The molecule has 1 amide bonds. The number of anilines is 2. The van der Waals surface area contributed by atoms with Gasteiger partial charge in [-0.15, -0.1) is 11.3 Å². The number of aromatic nitrogens is 1. The van der Waals surface area contributed by atoms with Crippen LogP contribution in [0.1, 0.15) is 15.9 Å². The van der Waals surface area contributed by atoms with Crippen LogP contribution < -0.4 is 11.1 Å². The number of amides is 1. The van der Waals surface area contributed by atoms with Crippen LogP contribution in [0.2, 0.25) is 0 Å². The van der Waals surface area contributed by atoms with E-state index in [4.69, 9.17) is 10.7 Å². The van der Waals surface area contributed by atoms with Gasteiger partial charge in [-0.1, -0.05) is 24.3 Å². The lowest BCUT2D eigenvalue weighted by atomic mass is 10.1. The molecule has 0 spiro atoms. The highest BCUT2D eigenvalue weighted by Gasteiger charge is 2.13. The number of para-hydroxylation sites is 2. The standard InChI is InChI=1S/C21H17N3OS/c1-13-12-14(10-11-16(13)22)20(25)23-17-7-3-2-6-15(17)21-24-18-8-4-5-9-19(18)26-21/h2-12H,22H2,1H3,(H,23,25). The SMILES string of the molecule is Cc1cc(C(=O)Nc2ccccc2-c2nc3ccccc3s2)ccc1N. The Morgan fingerprint density at radius 2 is 1.81 bits per heavy atom. The van der Waals surface area contributed by atoms with Crippen molar-refractivity contribution in [3.63, 3.8) is 0 Å². The van der Waals surface area contributed by atoms with Crippen LogP contribution in [0.15, 0.2) is 66.7 Å². The first-order valence-electron chi connectivity index (χ1n) is 8.24. The Kier molecular flexibility index (Phi) is 4.14. The van der Waals surface area contributed by atoms with Gasteiger partial charge in [0.2, 0.25) is 0 Å². The summed E-state index contributed by atoms with van der Waals surface area (Å²) >= 11 is 1.61. The van der Waals surface area contributed by atoms with Crippen LogP contribution in [0.4, 0.5) is 11.4 Å². The fourth-order valence-electron chi connectivity index (χ4n) is 2.78. The number of rotatable bonds is 3. The minimum absolute atomic E-state index is 0.165. The fourth-order valence-corrected chi connectivity index (χ4v) is 3.78. The van der Waals surface area contributed by atoms with Crippen LogP contribution in [0.5, 0.6) is 0 Å². The molecule has 26 heavy (non-hydrogen) atoms. The summed E-state index contributed by atoms with van der Waals surface area (Å²) in [4.78, 5) is 17.4. The highest BCUT2D eigenvalue weighted by Crippen LogP contribution is 2.34. The summed E-state index contributed by atoms with van der Waals surface area (Å²) in [7, 11) is 0. The third kappa shape index (κ3) is 3.05. The van der Waals surface area contributed by atoms with Gasteiger partial charge < -0.3 is 11.1 Å². The predicted octanol–water partition coefficient (Wildman–Crippen LogP) is 5.11. The van der Waals surface area contributed by atoms with Gasteiger partial charge in [0, 0.05) is 16.8 Å². The lowest BCUT2D eigenvalue weighted by Gasteiger charge is -2.10. The van der Waals surface area contributed by atoms with E-state index < -0.39 is 0 Å². The highest BCUT2D eigenvalue weighted by molar-refractivity contribution is 7.21. The lowest BCUT2D eigenvalue weighted by Crippen LogP contribution is -2.13. The molecule has 0 fully saturated rings. The molecule has 0 radical (unpaired) electrons. The molecule has 4 aromatic rings. The smallest absolute Gasteiger partial charge is 0.255 e. The van der Waals surface area contributed by atoms with Crippen molar-refractivity contribution in [3.8, 4) is 10.6 Å². The first kappa shape index (κ1) is 16.3. The maximum Gasteiger partial charge on any atom is 0.255 e. The summed E-state index contributed by atoms with van der Waals surface area (Å²) in [6.07, 6.45) is 0. The number of nitrogens with two attached hydrogens (primary N) is 1. The zero-order chi connectivity index (χ0) is 18.1. The molecule has 0 atom stereocenters. The molecule has 0 bridgehead atoms. The van der Waals surface area contributed by atoms with E-state index in [1.807, 2.05) is 49.4 Å². The van der Waals surface area contributed by atoms with E-state index in [0.29, 0.717) is 11.3 Å². The van der Waals surface area contributed by atoms with E-state index in [-0.39, 0.29) is 5.91 Å². The number of nitrogens with zero attached hydrogens (tertiary/aromatic N) is 1. The summed E-state index contributed by atoms with van der Waals surface area (Å²) in [5.41, 5.74) is 10.6. The molecule has 5 heteroatoms. The third-order valence-corrected chi connectivity index (χ3v) is 5.30. The van der Waals surface area contributed by atoms with Gasteiger partial charge in [-0.2, -0.15) is 0 Å². The summed E-state index contributed by atoms with van der Waals surface area (Å²) in [6.45, 7) is 1.89. The van der Waals surface area contributed by atoms with Crippen LogP contribution in [0.25, 0.3) is 20.8 Å². The minimum Gasteiger partial charge on any atom is -0.399 e. The molecule has 0 saturated carbocycles.